The molecule has 1 aromatic rings. The number of benzene rings is 1. The quantitative estimate of drug-likeness (QED) is 0.664. The van der Waals surface area contributed by atoms with Crippen molar-refractivity contribution in [3.05, 3.63) is 24.3 Å². The summed E-state index contributed by atoms with van der Waals surface area (Å²) in [5, 5.41) is 3.80. The lowest BCUT2D eigenvalue weighted by Crippen LogP contribution is -2.68. The SMILES string of the molecule is CCCNC(=O)CN1NC2N(CCN2c2ccc(OC)cc2)C(=O)C1=O. The van der Waals surface area contributed by atoms with E-state index in [1.807, 2.05) is 36.1 Å². The normalized spacial score (nSPS) is 19.6. The minimum atomic E-state index is -0.718. The van der Waals surface area contributed by atoms with Gasteiger partial charge in [0, 0.05) is 25.3 Å². The maximum atomic E-state index is 12.4. The van der Waals surface area contributed by atoms with Crippen LogP contribution in [0.3, 0.4) is 0 Å². The minimum Gasteiger partial charge on any atom is -0.497 e. The molecule has 3 rings (SSSR count). The Hall–Kier alpha value is -2.81. The van der Waals surface area contributed by atoms with Crippen LogP contribution in [0.25, 0.3) is 0 Å². The number of carbonyl (C=O) groups is 3. The summed E-state index contributed by atoms with van der Waals surface area (Å²) < 4.78 is 5.17. The molecule has 0 bridgehead atoms. The molecular formula is C17H23N5O4. The number of fused-ring (bicyclic) bond motifs is 1. The molecule has 1 aromatic carbocycles. The lowest BCUT2D eigenvalue weighted by Gasteiger charge is -2.40. The average molecular weight is 361 g/mol. The number of rotatable bonds is 6. The van der Waals surface area contributed by atoms with Crippen LogP contribution in [0, 0.1) is 0 Å². The number of anilines is 1. The van der Waals surface area contributed by atoms with Gasteiger partial charge in [-0.15, -0.1) is 0 Å². The Morgan fingerprint density at radius 2 is 1.88 bits per heavy atom. The van der Waals surface area contributed by atoms with E-state index in [2.05, 4.69) is 10.7 Å². The molecule has 0 aromatic heterocycles. The van der Waals surface area contributed by atoms with Crippen molar-refractivity contribution in [1.82, 2.24) is 20.7 Å². The van der Waals surface area contributed by atoms with Gasteiger partial charge < -0.3 is 15.0 Å². The molecule has 0 spiro atoms. The Balaban J connectivity index is 1.74. The molecule has 9 heteroatoms. The number of ether oxygens (including phenoxy) is 1. The first-order chi connectivity index (χ1) is 12.5. The van der Waals surface area contributed by atoms with E-state index >= 15 is 0 Å². The Morgan fingerprint density at radius 1 is 1.19 bits per heavy atom. The summed E-state index contributed by atoms with van der Waals surface area (Å²) in [6.45, 7) is 3.29. The molecule has 2 heterocycles. The number of hydrazine groups is 1. The first-order valence-corrected chi connectivity index (χ1v) is 8.61. The van der Waals surface area contributed by atoms with Crippen LogP contribution in [-0.2, 0) is 14.4 Å². The van der Waals surface area contributed by atoms with Crippen molar-refractivity contribution >= 4 is 23.4 Å². The lowest BCUT2D eigenvalue weighted by atomic mass is 10.3. The number of nitrogens with one attached hydrogen (secondary N) is 2. The summed E-state index contributed by atoms with van der Waals surface area (Å²) >= 11 is 0. The highest BCUT2D eigenvalue weighted by Gasteiger charge is 2.45. The van der Waals surface area contributed by atoms with Gasteiger partial charge in [-0.05, 0) is 30.7 Å². The summed E-state index contributed by atoms with van der Waals surface area (Å²) in [6, 6.07) is 7.46. The molecule has 0 radical (unpaired) electrons. The standard InChI is InChI=1S/C17H23N5O4/c1-3-8-18-14(23)11-22-16(25)15(24)21-10-9-20(17(21)19-22)12-4-6-13(26-2)7-5-12/h4-7,17,19H,3,8-11H2,1-2H3,(H,18,23). The first kappa shape index (κ1) is 18.0. The van der Waals surface area contributed by atoms with Gasteiger partial charge in [-0.2, -0.15) is 5.43 Å². The molecule has 2 aliphatic heterocycles. The van der Waals surface area contributed by atoms with Crippen LogP contribution in [0.4, 0.5) is 5.69 Å². The van der Waals surface area contributed by atoms with Crippen LogP contribution >= 0.6 is 0 Å². The van der Waals surface area contributed by atoms with Crippen LogP contribution in [-0.4, -0.2) is 67.2 Å². The van der Waals surface area contributed by atoms with Gasteiger partial charge in [0.25, 0.3) is 0 Å². The van der Waals surface area contributed by atoms with E-state index in [1.165, 1.54) is 4.90 Å². The third kappa shape index (κ3) is 3.43. The molecule has 140 valence electrons. The maximum Gasteiger partial charge on any atom is 0.326 e. The summed E-state index contributed by atoms with van der Waals surface area (Å²) in [5.74, 6) is -0.887. The van der Waals surface area contributed by atoms with Gasteiger partial charge >= 0.3 is 11.8 Å². The van der Waals surface area contributed by atoms with Crippen LogP contribution in [0.1, 0.15) is 13.3 Å². The third-order valence-electron chi connectivity index (χ3n) is 4.41. The second-order valence-electron chi connectivity index (χ2n) is 6.13. The van der Waals surface area contributed by atoms with E-state index in [4.69, 9.17) is 4.74 Å². The predicted molar refractivity (Wildman–Crippen MR) is 94.0 cm³/mol. The maximum absolute atomic E-state index is 12.4. The molecule has 1 unspecified atom stereocenters. The van der Waals surface area contributed by atoms with Crippen LogP contribution in [0.5, 0.6) is 5.75 Å². The molecule has 26 heavy (non-hydrogen) atoms. The molecule has 1 atom stereocenters. The fourth-order valence-electron chi connectivity index (χ4n) is 3.04. The largest absolute Gasteiger partial charge is 0.497 e. The fraction of sp³-hybridized carbons (Fsp3) is 0.471. The van der Waals surface area contributed by atoms with E-state index in [1.54, 1.807) is 7.11 Å². The summed E-state index contributed by atoms with van der Waals surface area (Å²) in [7, 11) is 1.60. The molecule has 2 aliphatic rings. The van der Waals surface area contributed by atoms with Crippen molar-refractivity contribution in [2.75, 3.05) is 38.2 Å². The van der Waals surface area contributed by atoms with Crippen LogP contribution in [0.15, 0.2) is 24.3 Å². The molecule has 0 aliphatic carbocycles. The Labute approximate surface area is 151 Å². The van der Waals surface area contributed by atoms with Crippen molar-refractivity contribution in [3.8, 4) is 5.75 Å². The van der Waals surface area contributed by atoms with Gasteiger partial charge in [0.1, 0.15) is 12.3 Å². The summed E-state index contributed by atoms with van der Waals surface area (Å²) in [5.41, 5.74) is 3.89. The molecule has 9 nitrogen and oxygen atoms in total. The third-order valence-corrected chi connectivity index (χ3v) is 4.41. The summed E-state index contributed by atoms with van der Waals surface area (Å²) in [6.07, 6.45) is 0.292. The second-order valence-corrected chi connectivity index (χ2v) is 6.13. The number of methoxy groups -OCH3 is 1. The van der Waals surface area contributed by atoms with Gasteiger partial charge in [-0.1, -0.05) is 6.92 Å². The van der Waals surface area contributed by atoms with E-state index in [9.17, 15) is 14.4 Å². The van der Waals surface area contributed by atoms with E-state index in [-0.39, 0.29) is 12.5 Å². The molecule has 2 fully saturated rings. The summed E-state index contributed by atoms with van der Waals surface area (Å²) in [4.78, 5) is 40.1. The number of nitrogens with zero attached hydrogens (tertiary/aromatic N) is 3. The molecule has 3 amide bonds. The molecule has 0 saturated carbocycles. The Kier molecular flexibility index (Phi) is 5.27. The Morgan fingerprint density at radius 3 is 2.54 bits per heavy atom. The topological polar surface area (TPSA) is 94.2 Å². The van der Waals surface area contributed by atoms with Crippen molar-refractivity contribution in [2.45, 2.75) is 19.6 Å². The predicted octanol–water partition coefficient (Wildman–Crippen LogP) is -0.500. The van der Waals surface area contributed by atoms with Gasteiger partial charge in [-0.25, -0.2) is 0 Å². The zero-order chi connectivity index (χ0) is 18.7. The van der Waals surface area contributed by atoms with E-state index in [0.717, 1.165) is 22.9 Å². The van der Waals surface area contributed by atoms with Crippen molar-refractivity contribution in [2.24, 2.45) is 0 Å². The van der Waals surface area contributed by atoms with Gasteiger partial charge in [0.15, 0.2) is 6.29 Å². The second kappa shape index (κ2) is 7.61. The lowest BCUT2D eigenvalue weighted by molar-refractivity contribution is -0.163. The highest BCUT2D eigenvalue weighted by molar-refractivity contribution is 6.35. The number of hydrogen-bond donors (Lipinski definition) is 2. The van der Waals surface area contributed by atoms with E-state index < -0.39 is 18.1 Å². The molecular weight excluding hydrogens is 338 g/mol. The highest BCUT2D eigenvalue weighted by atomic mass is 16.5. The van der Waals surface area contributed by atoms with Gasteiger partial charge in [0.2, 0.25) is 5.91 Å². The van der Waals surface area contributed by atoms with Gasteiger partial charge in [-0.3, -0.25) is 24.3 Å². The average Bonchev–Trinajstić information content (AvgIpc) is 3.08. The van der Waals surface area contributed by atoms with Gasteiger partial charge in [0.05, 0.1) is 7.11 Å². The van der Waals surface area contributed by atoms with Crippen molar-refractivity contribution in [3.63, 3.8) is 0 Å². The number of carbonyl (C=O) groups excluding carboxylic acids is 3. The molecule has 2 saturated heterocycles. The van der Waals surface area contributed by atoms with Crippen molar-refractivity contribution in [1.29, 1.82) is 0 Å². The minimum absolute atomic E-state index is 0.203. The highest BCUT2D eigenvalue weighted by Crippen LogP contribution is 2.26. The zero-order valence-corrected chi connectivity index (χ0v) is 14.9. The zero-order valence-electron chi connectivity index (χ0n) is 14.9. The van der Waals surface area contributed by atoms with Crippen LogP contribution in [0.2, 0.25) is 0 Å². The molecule has 2 N–H and O–H groups in total. The fourth-order valence-corrected chi connectivity index (χ4v) is 3.04. The monoisotopic (exact) mass is 361 g/mol. The Bertz CT molecular complexity index is 693. The van der Waals surface area contributed by atoms with Crippen LogP contribution < -0.4 is 20.4 Å². The number of hydrogen-bond acceptors (Lipinski definition) is 6. The number of amides is 3. The van der Waals surface area contributed by atoms with Crippen molar-refractivity contribution < 1.29 is 19.1 Å². The smallest absolute Gasteiger partial charge is 0.326 e. The van der Waals surface area contributed by atoms with E-state index in [0.29, 0.717) is 19.6 Å². The first-order valence-electron chi connectivity index (χ1n) is 8.61.